The molecule has 0 aliphatic heterocycles. The van der Waals surface area contributed by atoms with Gasteiger partial charge in [-0.2, -0.15) is 0 Å². The van der Waals surface area contributed by atoms with Gasteiger partial charge < -0.3 is 15.8 Å². The molecular formula is C16H18N2O2. The largest absolute Gasteiger partial charge is 0.462 e. The molecule has 0 atom stereocenters. The number of aryl methyl sites for hydroxylation is 1. The number of ether oxygens (including phenoxy) is 1. The smallest absolute Gasteiger partial charge is 0.340 e. The lowest BCUT2D eigenvalue weighted by Crippen LogP contribution is -2.08. The van der Waals surface area contributed by atoms with Crippen LogP contribution < -0.4 is 11.1 Å². The Hall–Kier alpha value is -2.49. The highest BCUT2D eigenvalue weighted by Crippen LogP contribution is 2.24. The molecule has 0 aromatic heterocycles. The molecule has 0 aliphatic carbocycles. The van der Waals surface area contributed by atoms with E-state index >= 15 is 0 Å². The molecule has 2 aromatic rings. The van der Waals surface area contributed by atoms with Crippen molar-refractivity contribution < 1.29 is 9.53 Å². The lowest BCUT2D eigenvalue weighted by Gasteiger charge is -2.12. The van der Waals surface area contributed by atoms with Crippen LogP contribution in [0.25, 0.3) is 0 Å². The summed E-state index contributed by atoms with van der Waals surface area (Å²) < 4.78 is 4.99. The number of benzene rings is 2. The molecule has 104 valence electrons. The Balaban J connectivity index is 2.28. The van der Waals surface area contributed by atoms with E-state index in [1.54, 1.807) is 19.1 Å². The van der Waals surface area contributed by atoms with E-state index in [1.165, 1.54) is 0 Å². The molecule has 0 spiro atoms. The Labute approximate surface area is 118 Å². The van der Waals surface area contributed by atoms with Crippen molar-refractivity contribution in [2.24, 2.45) is 0 Å². The number of anilines is 3. The predicted molar refractivity (Wildman–Crippen MR) is 81.3 cm³/mol. The quantitative estimate of drug-likeness (QED) is 0.659. The maximum Gasteiger partial charge on any atom is 0.340 e. The number of hydrogen-bond donors (Lipinski definition) is 2. The highest BCUT2D eigenvalue weighted by molar-refractivity contribution is 5.96. The van der Waals surface area contributed by atoms with Gasteiger partial charge in [-0.15, -0.1) is 0 Å². The summed E-state index contributed by atoms with van der Waals surface area (Å²) in [4.78, 5) is 11.8. The molecule has 0 radical (unpaired) electrons. The average molecular weight is 270 g/mol. The van der Waals surface area contributed by atoms with Gasteiger partial charge in [-0.25, -0.2) is 4.79 Å². The first kappa shape index (κ1) is 13.9. The monoisotopic (exact) mass is 270 g/mol. The number of para-hydroxylation sites is 1. The van der Waals surface area contributed by atoms with E-state index in [0.717, 1.165) is 16.9 Å². The Morgan fingerprint density at radius 2 is 2.00 bits per heavy atom. The predicted octanol–water partition coefficient (Wildman–Crippen LogP) is 3.50. The molecule has 0 fully saturated rings. The summed E-state index contributed by atoms with van der Waals surface area (Å²) in [7, 11) is 0. The average Bonchev–Trinajstić information content (AvgIpc) is 2.43. The number of nitrogens with one attached hydrogen (secondary N) is 1. The molecule has 0 heterocycles. The molecule has 0 bridgehead atoms. The van der Waals surface area contributed by atoms with Crippen LogP contribution in [0.5, 0.6) is 0 Å². The fourth-order valence-corrected chi connectivity index (χ4v) is 1.89. The zero-order chi connectivity index (χ0) is 14.5. The molecular weight excluding hydrogens is 252 g/mol. The first-order valence-corrected chi connectivity index (χ1v) is 6.51. The molecule has 4 nitrogen and oxygen atoms in total. The fourth-order valence-electron chi connectivity index (χ4n) is 1.89. The van der Waals surface area contributed by atoms with Gasteiger partial charge >= 0.3 is 5.97 Å². The summed E-state index contributed by atoms with van der Waals surface area (Å²) in [6.07, 6.45) is 0. The van der Waals surface area contributed by atoms with Crippen LogP contribution in [0.2, 0.25) is 0 Å². The van der Waals surface area contributed by atoms with Gasteiger partial charge in [0.15, 0.2) is 0 Å². The molecule has 0 aliphatic rings. The lowest BCUT2D eigenvalue weighted by atomic mass is 10.1. The molecule has 4 heteroatoms. The van der Waals surface area contributed by atoms with Crippen molar-refractivity contribution >= 4 is 23.0 Å². The fraction of sp³-hybridized carbons (Fsp3) is 0.188. The van der Waals surface area contributed by atoms with Crippen LogP contribution in [-0.4, -0.2) is 12.6 Å². The van der Waals surface area contributed by atoms with Gasteiger partial charge in [0.2, 0.25) is 0 Å². The Kier molecular flexibility index (Phi) is 4.25. The van der Waals surface area contributed by atoms with E-state index in [0.29, 0.717) is 17.9 Å². The normalized spacial score (nSPS) is 10.1. The van der Waals surface area contributed by atoms with Gasteiger partial charge in [0, 0.05) is 17.1 Å². The van der Waals surface area contributed by atoms with Gasteiger partial charge in [0.25, 0.3) is 0 Å². The van der Waals surface area contributed by atoms with E-state index < -0.39 is 5.97 Å². The van der Waals surface area contributed by atoms with Crippen molar-refractivity contribution in [3.63, 3.8) is 0 Å². The van der Waals surface area contributed by atoms with Crippen molar-refractivity contribution in [2.45, 2.75) is 13.8 Å². The molecule has 20 heavy (non-hydrogen) atoms. The third kappa shape index (κ3) is 3.09. The molecule has 0 saturated carbocycles. The zero-order valence-corrected chi connectivity index (χ0v) is 11.6. The van der Waals surface area contributed by atoms with Crippen LogP contribution in [0.1, 0.15) is 22.8 Å². The van der Waals surface area contributed by atoms with Crippen molar-refractivity contribution in [2.75, 3.05) is 17.7 Å². The van der Waals surface area contributed by atoms with Crippen molar-refractivity contribution in [1.29, 1.82) is 0 Å². The van der Waals surface area contributed by atoms with Gasteiger partial charge in [0.05, 0.1) is 12.2 Å². The number of nitrogen functional groups attached to an aromatic ring is 1. The molecule has 3 N–H and O–H groups in total. The number of esters is 1. The van der Waals surface area contributed by atoms with Gasteiger partial charge in [0.1, 0.15) is 0 Å². The van der Waals surface area contributed by atoms with E-state index in [9.17, 15) is 4.79 Å². The number of rotatable bonds is 4. The highest BCUT2D eigenvalue weighted by Gasteiger charge is 2.11. The molecule has 0 unspecified atom stereocenters. The van der Waals surface area contributed by atoms with Crippen LogP contribution in [0.4, 0.5) is 17.1 Å². The second-order valence-electron chi connectivity index (χ2n) is 4.46. The topological polar surface area (TPSA) is 64.3 Å². The molecule has 0 amide bonds. The number of hydrogen-bond acceptors (Lipinski definition) is 4. The maximum absolute atomic E-state index is 11.8. The van der Waals surface area contributed by atoms with Crippen LogP contribution in [-0.2, 0) is 4.74 Å². The Bertz CT molecular complexity index is 624. The van der Waals surface area contributed by atoms with Crippen LogP contribution in [0.3, 0.4) is 0 Å². The zero-order valence-electron chi connectivity index (χ0n) is 11.6. The minimum atomic E-state index is -0.404. The summed E-state index contributed by atoms with van der Waals surface area (Å²) >= 11 is 0. The molecule has 0 saturated heterocycles. The first-order valence-electron chi connectivity index (χ1n) is 6.51. The van der Waals surface area contributed by atoms with Crippen molar-refractivity contribution in [3.05, 3.63) is 53.6 Å². The van der Waals surface area contributed by atoms with E-state index in [1.807, 2.05) is 37.3 Å². The summed E-state index contributed by atoms with van der Waals surface area (Å²) in [6.45, 7) is 4.11. The molecule has 2 rings (SSSR count). The number of carbonyl (C=O) groups is 1. The Morgan fingerprint density at radius 3 is 2.70 bits per heavy atom. The van der Waals surface area contributed by atoms with Crippen LogP contribution >= 0.6 is 0 Å². The minimum Gasteiger partial charge on any atom is -0.462 e. The van der Waals surface area contributed by atoms with E-state index in [2.05, 4.69) is 5.32 Å². The minimum absolute atomic E-state index is 0.327. The summed E-state index contributed by atoms with van der Waals surface area (Å²) in [5.41, 5.74) is 9.53. The third-order valence-electron chi connectivity index (χ3n) is 2.97. The van der Waals surface area contributed by atoms with Crippen LogP contribution in [0.15, 0.2) is 42.5 Å². The second-order valence-corrected chi connectivity index (χ2v) is 4.46. The Morgan fingerprint density at radius 1 is 1.25 bits per heavy atom. The summed E-state index contributed by atoms with van der Waals surface area (Å²) in [6, 6.07) is 13.2. The summed E-state index contributed by atoms with van der Waals surface area (Å²) in [5, 5.41) is 3.27. The van der Waals surface area contributed by atoms with Crippen molar-refractivity contribution in [3.8, 4) is 0 Å². The molecule has 2 aromatic carbocycles. The van der Waals surface area contributed by atoms with Gasteiger partial charge in [-0.05, 0) is 43.7 Å². The van der Waals surface area contributed by atoms with Gasteiger partial charge in [-0.1, -0.05) is 18.2 Å². The summed E-state index contributed by atoms with van der Waals surface area (Å²) in [5.74, 6) is -0.404. The standard InChI is InChI=1S/C16H18N2O2/c1-3-20-16(19)13-10-12(8-9-14(13)17)18-15-7-5-4-6-11(15)2/h4-10,18H,3,17H2,1-2H3. The first-order chi connectivity index (χ1) is 9.61. The lowest BCUT2D eigenvalue weighted by molar-refractivity contribution is 0.0527. The maximum atomic E-state index is 11.8. The number of nitrogens with two attached hydrogens (primary N) is 1. The van der Waals surface area contributed by atoms with Crippen LogP contribution in [0, 0.1) is 6.92 Å². The van der Waals surface area contributed by atoms with E-state index in [4.69, 9.17) is 10.5 Å². The second kappa shape index (κ2) is 6.10. The third-order valence-corrected chi connectivity index (χ3v) is 2.97. The number of carbonyl (C=O) groups excluding carboxylic acids is 1. The van der Waals surface area contributed by atoms with Gasteiger partial charge in [-0.3, -0.25) is 0 Å². The van der Waals surface area contributed by atoms with E-state index in [-0.39, 0.29) is 0 Å². The van der Waals surface area contributed by atoms with Crippen molar-refractivity contribution in [1.82, 2.24) is 0 Å². The SMILES string of the molecule is CCOC(=O)c1cc(Nc2ccccc2C)ccc1N. The highest BCUT2D eigenvalue weighted by atomic mass is 16.5.